The Bertz CT molecular complexity index is 3180. The number of hydrogen-bond acceptors (Lipinski definition) is 3. The number of Topliss-reactive ketones (excluding diaryl/α,β-unsaturated/α-hetero) is 1. The monoisotopic (exact) mass is 1050 g/mol. The van der Waals surface area contributed by atoms with Crippen molar-refractivity contribution in [3.63, 3.8) is 0 Å². The molecule has 73 heavy (non-hydrogen) atoms. The summed E-state index contributed by atoms with van der Waals surface area (Å²) in [5.74, 6) is -71.5. The number of rotatable bonds is 9. The number of carbonyl (C=O) groups excluding carboxylic acids is 2. The number of halogens is 20. The van der Waals surface area contributed by atoms with E-state index in [0.717, 1.165) is 10.9 Å². The predicted molar refractivity (Wildman–Crippen MR) is 216 cm³/mol. The maximum Gasteiger partial charge on any atom is 0.409 e. The minimum Gasteiger partial charge on any atom is -0.419 e. The van der Waals surface area contributed by atoms with Gasteiger partial charge in [-0.25, -0.2) is 92.6 Å². The molecule has 0 N–H and O–H groups in total. The Labute approximate surface area is 393 Å². The van der Waals surface area contributed by atoms with Crippen molar-refractivity contribution in [2.75, 3.05) is 0 Å². The zero-order valence-corrected chi connectivity index (χ0v) is 35.3. The van der Waals surface area contributed by atoms with E-state index in [2.05, 4.69) is 0 Å². The summed E-state index contributed by atoms with van der Waals surface area (Å²) in [4.78, 5) is 25.7. The average molecular weight is 1050 g/mol. The molecule has 376 valence electrons. The number of benzene rings is 7. The first kappa shape index (κ1) is 52.6. The summed E-state index contributed by atoms with van der Waals surface area (Å²) in [6.45, 7) is 0.0462. The predicted octanol–water partition coefficient (Wildman–Crippen LogP) is 10.1. The number of hydrogen-bond donors (Lipinski definition) is 0. The van der Waals surface area contributed by atoms with E-state index in [0.29, 0.717) is 17.0 Å². The number of aromatic nitrogens is 1. The van der Waals surface area contributed by atoms with Gasteiger partial charge in [-0.05, 0) is 24.3 Å². The molecule has 0 aliphatic carbocycles. The van der Waals surface area contributed by atoms with Crippen molar-refractivity contribution in [3.8, 4) is 5.75 Å². The van der Waals surface area contributed by atoms with Crippen molar-refractivity contribution in [1.29, 1.82) is 0 Å². The lowest BCUT2D eigenvalue weighted by Gasteiger charge is -2.44. The van der Waals surface area contributed by atoms with Gasteiger partial charge in [-0.3, -0.25) is 4.79 Å². The highest BCUT2D eigenvalue weighted by Crippen LogP contribution is 2.31. The van der Waals surface area contributed by atoms with E-state index in [9.17, 15) is 62.3 Å². The van der Waals surface area contributed by atoms with Crippen LogP contribution in [-0.4, -0.2) is 17.9 Å². The van der Waals surface area contributed by atoms with Gasteiger partial charge in [0.05, 0.1) is 0 Å². The van der Waals surface area contributed by atoms with Crippen LogP contribution in [0.15, 0.2) is 97.1 Å². The molecule has 0 saturated carbocycles. The molecule has 0 aliphatic heterocycles. The largest absolute Gasteiger partial charge is 0.419 e. The highest BCUT2D eigenvalue weighted by atomic mass is 19.2. The smallest absolute Gasteiger partial charge is 0.409 e. The second-order valence-corrected chi connectivity index (χ2v) is 15.2. The van der Waals surface area contributed by atoms with Gasteiger partial charge in [-0.1, -0.05) is 60.7 Å². The molecule has 0 aliphatic rings. The van der Waals surface area contributed by atoms with Crippen LogP contribution in [0.4, 0.5) is 87.8 Å². The fourth-order valence-electron chi connectivity index (χ4n) is 7.99. The molecule has 1 heterocycles. The van der Waals surface area contributed by atoms with Gasteiger partial charge in [0.1, 0.15) is 58.4 Å². The van der Waals surface area contributed by atoms with E-state index in [1.165, 1.54) is 0 Å². The summed E-state index contributed by atoms with van der Waals surface area (Å²) >= 11 is 0. The van der Waals surface area contributed by atoms with Gasteiger partial charge in [0.25, 0.3) is 5.69 Å². The summed E-state index contributed by atoms with van der Waals surface area (Å²) in [5.41, 5.74) is -12.6. The van der Waals surface area contributed by atoms with Crippen molar-refractivity contribution in [2.24, 2.45) is 0 Å². The SMILES string of the molecule is Fc1c(F)c(F)c([B-](c2c(F)c(F)c(F)c(F)c2F)(c2c(F)c(F)c(F)c(F)c2F)c2c(F)c(F)c(F)c(F)c2F)c(F)c1F.O=C(C[n+]1c(C(=O)Oc2ccccc2)ccc2ccccc21)c1ccccc1. The van der Waals surface area contributed by atoms with E-state index in [1.54, 1.807) is 47.0 Å². The Balaban J connectivity index is 0.000000237. The van der Waals surface area contributed by atoms with Gasteiger partial charge < -0.3 is 4.74 Å². The fourth-order valence-corrected chi connectivity index (χ4v) is 7.99. The van der Waals surface area contributed by atoms with E-state index in [-0.39, 0.29) is 12.3 Å². The normalized spacial score (nSPS) is 11.5. The van der Waals surface area contributed by atoms with Crippen LogP contribution in [-0.2, 0) is 6.54 Å². The van der Waals surface area contributed by atoms with Crippen molar-refractivity contribution in [3.05, 3.63) is 225 Å². The molecule has 7 aromatic carbocycles. The van der Waals surface area contributed by atoms with Gasteiger partial charge in [-0.15, -0.1) is 21.9 Å². The summed E-state index contributed by atoms with van der Waals surface area (Å²) in [5, 5.41) is 0.944. The van der Waals surface area contributed by atoms with Crippen LogP contribution in [0.5, 0.6) is 5.75 Å². The van der Waals surface area contributed by atoms with E-state index in [1.807, 2.05) is 54.6 Å². The van der Waals surface area contributed by atoms with Gasteiger partial charge >= 0.3 is 5.97 Å². The highest BCUT2D eigenvalue weighted by Gasteiger charge is 2.52. The Morgan fingerprint density at radius 2 is 0.658 bits per heavy atom. The summed E-state index contributed by atoms with van der Waals surface area (Å²) in [6, 6.07) is 29.2. The second kappa shape index (κ2) is 20.1. The number of ether oxygens (including phenoxy) is 1. The lowest BCUT2D eigenvalue weighted by atomic mass is 9.12. The van der Waals surface area contributed by atoms with Crippen LogP contribution < -0.4 is 31.2 Å². The van der Waals surface area contributed by atoms with E-state index in [4.69, 9.17) is 4.74 Å². The maximum atomic E-state index is 15.4. The molecule has 25 heteroatoms. The van der Waals surface area contributed by atoms with Crippen LogP contribution >= 0.6 is 0 Å². The van der Waals surface area contributed by atoms with Crippen LogP contribution in [0, 0.1) is 116 Å². The zero-order chi connectivity index (χ0) is 53.7. The zero-order valence-electron chi connectivity index (χ0n) is 35.3. The Morgan fingerprint density at radius 3 is 1.01 bits per heavy atom. The van der Waals surface area contributed by atoms with Crippen LogP contribution in [0.2, 0.25) is 0 Å². The van der Waals surface area contributed by atoms with Gasteiger partial charge in [-0.2, -0.15) is 4.57 Å². The molecule has 8 rings (SSSR count). The molecule has 0 atom stereocenters. The number of esters is 1. The Kier molecular flexibility index (Phi) is 14.5. The second-order valence-electron chi connectivity index (χ2n) is 15.2. The molecule has 0 bridgehead atoms. The van der Waals surface area contributed by atoms with Crippen molar-refractivity contribution in [1.82, 2.24) is 0 Å². The number of para-hydroxylation sites is 2. The van der Waals surface area contributed by atoms with Crippen molar-refractivity contribution >= 4 is 50.7 Å². The van der Waals surface area contributed by atoms with Gasteiger partial charge in [0, 0.05) is 23.1 Å². The number of nitrogens with zero attached hydrogens (tertiary/aromatic N) is 1. The molecule has 0 radical (unpaired) electrons. The summed E-state index contributed by atoms with van der Waals surface area (Å²) < 4.78 is 301. The summed E-state index contributed by atoms with van der Waals surface area (Å²) in [7, 11) is 0. The average Bonchev–Trinajstić information content (AvgIpc) is 3.39. The number of carbonyl (C=O) groups is 2. The highest BCUT2D eigenvalue weighted by molar-refractivity contribution is 7.20. The van der Waals surface area contributed by atoms with Crippen molar-refractivity contribution < 1.29 is 107 Å². The topological polar surface area (TPSA) is 47.2 Å². The summed E-state index contributed by atoms with van der Waals surface area (Å²) in [6.07, 6.45) is -7.22. The molecule has 0 unspecified atom stereocenters. The molecule has 0 fully saturated rings. The first-order valence-electron chi connectivity index (χ1n) is 19.9. The van der Waals surface area contributed by atoms with Crippen LogP contribution in [0.1, 0.15) is 20.8 Å². The third-order valence-corrected chi connectivity index (χ3v) is 11.2. The molecule has 0 spiro atoms. The van der Waals surface area contributed by atoms with Crippen molar-refractivity contribution in [2.45, 2.75) is 6.54 Å². The Hall–Kier alpha value is -8.25. The number of ketones is 1. The van der Waals surface area contributed by atoms with E-state index < -0.39 is 150 Å². The molecule has 0 amide bonds. The minimum atomic E-state index is -7.22. The molecule has 8 aromatic rings. The lowest BCUT2D eigenvalue weighted by molar-refractivity contribution is -0.659. The Morgan fingerprint density at radius 1 is 0.356 bits per heavy atom. The molecule has 4 nitrogen and oxygen atoms in total. The third kappa shape index (κ3) is 8.64. The molecular formula is C48H18BF20NO3. The van der Waals surface area contributed by atoms with Crippen LogP contribution in [0.25, 0.3) is 10.9 Å². The molecular weight excluding hydrogens is 1030 g/mol. The van der Waals surface area contributed by atoms with Gasteiger partial charge in [0.2, 0.25) is 17.8 Å². The number of fused-ring (bicyclic) bond motifs is 1. The first-order chi connectivity index (χ1) is 34.4. The standard InChI is InChI=1S/C24BF20.C24H18NO3/c26-5-1(6(27)14(35)21(42)13(5)34)25(2-7(28)15(36)22(43)16(37)8(2)29,3-9(30)17(38)23(44)18(39)10(3)31)4-11(32)19(40)24(45)20(41)12(4)33;26-23(19-10-3-1-4-11-19)17-25-21-14-8-7-9-18(21)15-16-22(25)24(27)28-20-12-5-2-6-13-20/h;1-16H,17H2/q-1;+1. The maximum absolute atomic E-state index is 15.4. The first-order valence-corrected chi connectivity index (χ1v) is 19.9. The third-order valence-electron chi connectivity index (χ3n) is 11.2. The fraction of sp³-hybridized carbons (Fsp3) is 0.0208. The lowest BCUT2D eigenvalue weighted by Crippen LogP contribution is -2.81. The molecule has 1 aromatic heterocycles. The van der Waals surface area contributed by atoms with Crippen LogP contribution in [0.3, 0.4) is 0 Å². The quantitative estimate of drug-likeness (QED) is 0.0212. The minimum absolute atomic E-state index is 0.0462. The van der Waals surface area contributed by atoms with Gasteiger partial charge in [0.15, 0.2) is 69.8 Å². The number of pyridine rings is 1. The molecule has 0 saturated heterocycles. The van der Waals surface area contributed by atoms with E-state index >= 15 is 35.1 Å².